The predicted molar refractivity (Wildman–Crippen MR) is 69.8 cm³/mol. The zero-order chi connectivity index (χ0) is 17.1. The Morgan fingerprint density at radius 3 is 2.32 bits per heavy atom. The molecule has 0 atom stereocenters. The summed E-state index contributed by atoms with van der Waals surface area (Å²) in [5.41, 5.74) is -2.88. The highest BCUT2D eigenvalue weighted by molar-refractivity contribution is 5.95. The van der Waals surface area contributed by atoms with Gasteiger partial charge in [-0.1, -0.05) is 0 Å². The second-order valence-corrected chi connectivity index (χ2v) is 5.42. The van der Waals surface area contributed by atoms with Crippen LogP contribution in [-0.4, -0.2) is 22.5 Å². The van der Waals surface area contributed by atoms with Gasteiger partial charge in [0, 0.05) is 12.0 Å². The van der Waals surface area contributed by atoms with Gasteiger partial charge in [0.1, 0.15) is 5.82 Å². The summed E-state index contributed by atoms with van der Waals surface area (Å²) in [5, 5.41) is 10.9. The van der Waals surface area contributed by atoms with Gasteiger partial charge in [-0.15, -0.1) is 0 Å². The van der Waals surface area contributed by atoms with Gasteiger partial charge >= 0.3 is 12.1 Å². The number of rotatable bonds is 5. The van der Waals surface area contributed by atoms with Gasteiger partial charge in [0.25, 0.3) is 5.91 Å². The molecular formula is C14H15F4NO3. The van der Waals surface area contributed by atoms with E-state index in [9.17, 15) is 27.2 Å². The number of benzene rings is 1. The molecule has 0 bridgehead atoms. The summed E-state index contributed by atoms with van der Waals surface area (Å²) in [7, 11) is 0. The number of carbonyl (C=O) groups excluding carboxylic acids is 1. The minimum Gasteiger partial charge on any atom is -0.481 e. The Labute approximate surface area is 124 Å². The molecule has 1 rings (SSSR count). The molecule has 1 aromatic rings. The molecule has 1 amide bonds. The highest BCUT2D eigenvalue weighted by Gasteiger charge is 2.32. The number of hydrogen-bond donors (Lipinski definition) is 2. The molecular weight excluding hydrogens is 306 g/mol. The minimum atomic E-state index is -4.69. The van der Waals surface area contributed by atoms with Crippen molar-refractivity contribution in [3.8, 4) is 0 Å². The number of aliphatic carboxylic acids is 1. The van der Waals surface area contributed by atoms with Crippen LogP contribution in [0.2, 0.25) is 0 Å². The number of nitrogens with one attached hydrogen (secondary N) is 1. The SMILES string of the molecule is CC(C)(CCC(=O)O)NC(=O)c1cc(C(F)(F)F)ccc1F. The van der Waals surface area contributed by atoms with Crippen LogP contribution in [0.3, 0.4) is 0 Å². The van der Waals surface area contributed by atoms with Gasteiger partial charge in [-0.3, -0.25) is 9.59 Å². The van der Waals surface area contributed by atoms with E-state index < -0.39 is 40.5 Å². The number of halogens is 4. The van der Waals surface area contributed by atoms with E-state index in [0.29, 0.717) is 18.2 Å². The van der Waals surface area contributed by atoms with Crippen molar-refractivity contribution in [2.24, 2.45) is 0 Å². The average Bonchev–Trinajstić information content (AvgIpc) is 2.35. The fourth-order valence-electron chi connectivity index (χ4n) is 1.73. The summed E-state index contributed by atoms with van der Waals surface area (Å²) < 4.78 is 51.3. The Balaban J connectivity index is 2.96. The number of amides is 1. The highest BCUT2D eigenvalue weighted by Crippen LogP contribution is 2.30. The van der Waals surface area contributed by atoms with Crippen LogP contribution in [0.5, 0.6) is 0 Å². The second-order valence-electron chi connectivity index (χ2n) is 5.42. The molecule has 22 heavy (non-hydrogen) atoms. The second kappa shape index (κ2) is 6.33. The van der Waals surface area contributed by atoms with Gasteiger partial charge in [-0.2, -0.15) is 13.2 Å². The fraction of sp³-hybridized carbons (Fsp3) is 0.429. The van der Waals surface area contributed by atoms with Gasteiger partial charge in [-0.05, 0) is 38.5 Å². The standard InChI is InChI=1S/C14H15F4NO3/c1-13(2,6-5-11(20)21)19-12(22)9-7-8(14(16,17)18)3-4-10(9)15/h3-4,7H,5-6H2,1-2H3,(H,19,22)(H,20,21). The zero-order valence-electron chi connectivity index (χ0n) is 11.9. The zero-order valence-corrected chi connectivity index (χ0v) is 11.9. The maximum absolute atomic E-state index is 13.6. The molecule has 0 spiro atoms. The molecule has 0 radical (unpaired) electrons. The van der Waals surface area contributed by atoms with E-state index in [4.69, 9.17) is 5.11 Å². The monoisotopic (exact) mass is 321 g/mol. The molecule has 0 unspecified atom stereocenters. The van der Waals surface area contributed by atoms with Gasteiger partial charge in [0.05, 0.1) is 11.1 Å². The van der Waals surface area contributed by atoms with Gasteiger partial charge < -0.3 is 10.4 Å². The van der Waals surface area contributed by atoms with Crippen LogP contribution in [0.15, 0.2) is 18.2 Å². The first-order chi connectivity index (χ1) is 9.92. The van der Waals surface area contributed by atoms with Gasteiger partial charge in [0.2, 0.25) is 0 Å². The van der Waals surface area contributed by atoms with E-state index in [1.807, 2.05) is 0 Å². The normalized spacial score (nSPS) is 12.1. The third kappa shape index (κ3) is 5.01. The minimum absolute atomic E-state index is 0.0503. The molecule has 0 saturated carbocycles. The van der Waals surface area contributed by atoms with Gasteiger partial charge in [0.15, 0.2) is 0 Å². The Morgan fingerprint density at radius 1 is 1.23 bits per heavy atom. The molecule has 0 aliphatic heterocycles. The van der Waals surface area contributed by atoms with Crippen molar-refractivity contribution in [2.75, 3.05) is 0 Å². The quantitative estimate of drug-likeness (QED) is 0.818. The first-order valence-corrected chi connectivity index (χ1v) is 6.33. The highest BCUT2D eigenvalue weighted by atomic mass is 19.4. The van der Waals surface area contributed by atoms with E-state index in [2.05, 4.69) is 5.32 Å². The van der Waals surface area contributed by atoms with E-state index in [1.54, 1.807) is 0 Å². The summed E-state index contributed by atoms with van der Waals surface area (Å²) in [4.78, 5) is 22.5. The number of alkyl halides is 3. The van der Waals surface area contributed by atoms with Crippen molar-refractivity contribution < 1.29 is 32.3 Å². The summed E-state index contributed by atoms with van der Waals surface area (Å²) >= 11 is 0. The fourth-order valence-corrected chi connectivity index (χ4v) is 1.73. The molecule has 4 nitrogen and oxygen atoms in total. The lowest BCUT2D eigenvalue weighted by Gasteiger charge is -2.26. The molecule has 0 aromatic heterocycles. The molecule has 0 aliphatic carbocycles. The number of carboxylic acid groups (broad SMARTS) is 1. The Morgan fingerprint density at radius 2 is 1.82 bits per heavy atom. The first kappa shape index (κ1) is 17.9. The largest absolute Gasteiger partial charge is 0.481 e. The third-order valence-corrected chi connectivity index (χ3v) is 2.95. The lowest BCUT2D eigenvalue weighted by atomic mass is 9.97. The summed E-state index contributed by atoms with van der Waals surface area (Å²) in [6.45, 7) is 3.00. The molecule has 8 heteroatoms. The van der Waals surface area contributed by atoms with E-state index in [0.717, 1.165) is 0 Å². The van der Waals surface area contributed by atoms with Crippen molar-refractivity contribution in [2.45, 2.75) is 38.4 Å². The van der Waals surface area contributed by atoms with Crippen molar-refractivity contribution >= 4 is 11.9 Å². The predicted octanol–water partition coefficient (Wildman–Crippen LogP) is 3.22. The number of carboxylic acids is 1. The van der Waals surface area contributed by atoms with Crippen molar-refractivity contribution in [1.29, 1.82) is 0 Å². The third-order valence-electron chi connectivity index (χ3n) is 2.95. The van der Waals surface area contributed by atoms with Crippen LogP contribution in [0.4, 0.5) is 17.6 Å². The topological polar surface area (TPSA) is 66.4 Å². The van der Waals surface area contributed by atoms with Crippen molar-refractivity contribution in [3.05, 3.63) is 35.1 Å². The smallest absolute Gasteiger partial charge is 0.416 e. The lowest BCUT2D eigenvalue weighted by molar-refractivity contribution is -0.138. The molecule has 0 saturated heterocycles. The summed E-state index contributed by atoms with van der Waals surface area (Å²) in [5.74, 6) is -3.19. The molecule has 0 heterocycles. The first-order valence-electron chi connectivity index (χ1n) is 6.33. The molecule has 0 fully saturated rings. The van der Waals surface area contributed by atoms with Crippen LogP contribution in [0.25, 0.3) is 0 Å². The molecule has 0 aliphatic rings. The Kier molecular flexibility index (Phi) is 5.16. The Bertz CT molecular complexity index is 582. The van der Waals surface area contributed by atoms with Crippen molar-refractivity contribution in [3.63, 3.8) is 0 Å². The molecule has 1 aromatic carbocycles. The van der Waals surface area contributed by atoms with E-state index >= 15 is 0 Å². The van der Waals surface area contributed by atoms with Crippen LogP contribution < -0.4 is 5.32 Å². The van der Waals surface area contributed by atoms with Crippen LogP contribution in [0.1, 0.15) is 42.6 Å². The van der Waals surface area contributed by atoms with Crippen molar-refractivity contribution in [1.82, 2.24) is 5.32 Å². The van der Waals surface area contributed by atoms with E-state index in [1.165, 1.54) is 13.8 Å². The van der Waals surface area contributed by atoms with E-state index in [-0.39, 0.29) is 12.8 Å². The maximum atomic E-state index is 13.6. The molecule has 122 valence electrons. The summed E-state index contributed by atoms with van der Waals surface area (Å²) in [6, 6.07) is 1.54. The Hall–Kier alpha value is -2.12. The number of hydrogen-bond acceptors (Lipinski definition) is 2. The molecule has 2 N–H and O–H groups in total. The van der Waals surface area contributed by atoms with Crippen LogP contribution in [-0.2, 0) is 11.0 Å². The van der Waals surface area contributed by atoms with Crippen LogP contribution >= 0.6 is 0 Å². The summed E-state index contributed by atoms with van der Waals surface area (Å²) in [6.07, 6.45) is -4.88. The van der Waals surface area contributed by atoms with Gasteiger partial charge in [-0.25, -0.2) is 4.39 Å². The average molecular weight is 321 g/mol. The lowest BCUT2D eigenvalue weighted by Crippen LogP contribution is -2.44. The van der Waals surface area contributed by atoms with Crippen LogP contribution in [0, 0.1) is 5.82 Å². The number of carbonyl (C=O) groups is 2. The maximum Gasteiger partial charge on any atom is 0.416 e.